The summed E-state index contributed by atoms with van der Waals surface area (Å²) in [5.41, 5.74) is -0.177. The molecule has 6 nitrogen and oxygen atoms in total. The Balaban J connectivity index is 2.88. The number of hydrogen-bond donors (Lipinski definition) is 2. The summed E-state index contributed by atoms with van der Waals surface area (Å²) in [6.07, 6.45) is 0. The van der Waals surface area contributed by atoms with Crippen LogP contribution in [0.1, 0.15) is 5.56 Å². The van der Waals surface area contributed by atoms with Gasteiger partial charge < -0.3 is 10.1 Å². The summed E-state index contributed by atoms with van der Waals surface area (Å²) in [5, 5.41) is 8.99. The van der Waals surface area contributed by atoms with E-state index >= 15 is 0 Å². The highest BCUT2D eigenvalue weighted by Crippen LogP contribution is 2.09. The minimum Gasteiger partial charge on any atom is -0.480 e. The quantitative estimate of drug-likeness (QED) is 0.769. The molecule has 0 atom stereocenters. The van der Waals surface area contributed by atoms with Gasteiger partial charge in [0.2, 0.25) is 0 Å². The summed E-state index contributed by atoms with van der Waals surface area (Å²) >= 11 is 0. The summed E-state index contributed by atoms with van der Waals surface area (Å²) in [5.74, 6) is -1.23. The van der Waals surface area contributed by atoms with Gasteiger partial charge in [0, 0.05) is 0 Å². The van der Waals surface area contributed by atoms with Crippen LogP contribution in [0.3, 0.4) is 0 Å². The van der Waals surface area contributed by atoms with Gasteiger partial charge in [-0.05, 0) is 18.6 Å². The highest BCUT2D eigenvalue weighted by Gasteiger charge is 2.11. The molecule has 2 N–H and O–H groups in total. The highest BCUT2D eigenvalue weighted by molar-refractivity contribution is 5.81. The SMILES string of the molecule is Cc1cccc2[nH]c(=O)n(CC(=O)O)c(=O)c12. The fourth-order valence-corrected chi connectivity index (χ4v) is 1.74. The summed E-state index contributed by atoms with van der Waals surface area (Å²) < 4.78 is 0.678. The van der Waals surface area contributed by atoms with Crippen molar-refractivity contribution in [2.75, 3.05) is 0 Å². The van der Waals surface area contributed by atoms with Crippen molar-refractivity contribution in [3.63, 3.8) is 0 Å². The van der Waals surface area contributed by atoms with Crippen LogP contribution in [0.5, 0.6) is 0 Å². The average molecular weight is 234 g/mol. The minimum absolute atomic E-state index is 0.341. The maximum Gasteiger partial charge on any atom is 0.329 e. The Morgan fingerprint density at radius 3 is 2.76 bits per heavy atom. The molecule has 0 unspecified atom stereocenters. The van der Waals surface area contributed by atoms with Gasteiger partial charge in [0.25, 0.3) is 5.56 Å². The first kappa shape index (κ1) is 11.1. The van der Waals surface area contributed by atoms with E-state index in [-0.39, 0.29) is 0 Å². The largest absolute Gasteiger partial charge is 0.480 e. The third kappa shape index (κ3) is 1.84. The smallest absolute Gasteiger partial charge is 0.329 e. The molecule has 0 fully saturated rings. The van der Waals surface area contributed by atoms with Gasteiger partial charge in [0.1, 0.15) is 6.54 Å². The van der Waals surface area contributed by atoms with Gasteiger partial charge in [-0.2, -0.15) is 0 Å². The van der Waals surface area contributed by atoms with Crippen molar-refractivity contribution in [1.29, 1.82) is 0 Å². The number of aliphatic carboxylic acids is 1. The molecule has 88 valence electrons. The first-order valence-corrected chi connectivity index (χ1v) is 4.95. The van der Waals surface area contributed by atoms with Crippen molar-refractivity contribution in [3.8, 4) is 0 Å². The lowest BCUT2D eigenvalue weighted by molar-refractivity contribution is -0.137. The first-order chi connectivity index (χ1) is 8.00. The molecule has 6 heteroatoms. The molecular formula is C11H10N2O4. The van der Waals surface area contributed by atoms with Crippen molar-refractivity contribution >= 4 is 16.9 Å². The molecule has 0 saturated carbocycles. The second-order valence-corrected chi connectivity index (χ2v) is 3.71. The molecule has 17 heavy (non-hydrogen) atoms. The van der Waals surface area contributed by atoms with Crippen molar-refractivity contribution in [3.05, 3.63) is 44.6 Å². The number of carboxylic acid groups (broad SMARTS) is 1. The lowest BCUT2D eigenvalue weighted by Crippen LogP contribution is -2.37. The predicted molar refractivity (Wildman–Crippen MR) is 61.2 cm³/mol. The monoisotopic (exact) mass is 234 g/mol. The Kier molecular flexibility index (Phi) is 2.55. The Morgan fingerprint density at radius 1 is 1.41 bits per heavy atom. The zero-order valence-electron chi connectivity index (χ0n) is 9.06. The molecule has 1 aromatic heterocycles. The second-order valence-electron chi connectivity index (χ2n) is 3.71. The van der Waals surface area contributed by atoms with Crippen LogP contribution in [0.2, 0.25) is 0 Å². The number of nitrogens with zero attached hydrogens (tertiary/aromatic N) is 1. The topological polar surface area (TPSA) is 92.2 Å². The van der Waals surface area contributed by atoms with Crippen molar-refractivity contribution in [1.82, 2.24) is 9.55 Å². The van der Waals surface area contributed by atoms with Crippen LogP contribution >= 0.6 is 0 Å². The number of aryl methyl sites for hydroxylation is 1. The molecule has 0 bridgehead atoms. The van der Waals surface area contributed by atoms with Crippen LogP contribution in [0, 0.1) is 6.92 Å². The van der Waals surface area contributed by atoms with E-state index in [9.17, 15) is 14.4 Å². The van der Waals surface area contributed by atoms with Crippen LogP contribution in [-0.2, 0) is 11.3 Å². The van der Waals surface area contributed by atoms with E-state index in [1.807, 2.05) is 0 Å². The van der Waals surface area contributed by atoms with Crippen molar-refractivity contribution < 1.29 is 9.90 Å². The lowest BCUT2D eigenvalue weighted by atomic mass is 10.1. The second kappa shape index (κ2) is 3.89. The number of fused-ring (bicyclic) bond motifs is 1. The molecule has 2 rings (SSSR count). The summed E-state index contributed by atoms with van der Waals surface area (Å²) in [7, 11) is 0. The predicted octanol–water partition coefficient (Wildman–Crippen LogP) is 0.0828. The molecule has 2 aromatic rings. The minimum atomic E-state index is -1.23. The summed E-state index contributed by atoms with van der Waals surface area (Å²) in [6.45, 7) is 1.09. The number of benzene rings is 1. The standard InChI is InChI=1S/C11H10N2O4/c1-6-3-2-4-7-9(6)10(16)13(5-8(14)15)11(17)12-7/h2-4H,5H2,1H3,(H,12,17)(H,14,15). The summed E-state index contributed by atoms with van der Waals surface area (Å²) in [4.78, 5) is 36.6. The Labute approximate surface area is 95.1 Å². The van der Waals surface area contributed by atoms with Gasteiger partial charge in [0.15, 0.2) is 0 Å². The highest BCUT2D eigenvalue weighted by atomic mass is 16.4. The van der Waals surface area contributed by atoms with Crippen LogP contribution < -0.4 is 11.2 Å². The van der Waals surface area contributed by atoms with E-state index in [2.05, 4.69) is 4.98 Å². The zero-order chi connectivity index (χ0) is 12.6. The van der Waals surface area contributed by atoms with E-state index in [0.29, 0.717) is 21.0 Å². The maximum atomic E-state index is 12.0. The number of rotatable bonds is 2. The van der Waals surface area contributed by atoms with Crippen LogP contribution in [0.25, 0.3) is 10.9 Å². The van der Waals surface area contributed by atoms with Crippen LogP contribution in [-0.4, -0.2) is 20.6 Å². The Bertz CT molecular complexity index is 711. The van der Waals surface area contributed by atoms with Crippen LogP contribution in [0.4, 0.5) is 0 Å². The van der Waals surface area contributed by atoms with Crippen LogP contribution in [0.15, 0.2) is 27.8 Å². The number of carbonyl (C=O) groups is 1. The van der Waals surface area contributed by atoms with Crippen molar-refractivity contribution in [2.45, 2.75) is 13.5 Å². The number of carboxylic acids is 1. The third-order valence-electron chi connectivity index (χ3n) is 2.51. The van der Waals surface area contributed by atoms with E-state index in [1.54, 1.807) is 25.1 Å². The third-order valence-corrected chi connectivity index (χ3v) is 2.51. The lowest BCUT2D eigenvalue weighted by Gasteiger charge is -2.05. The molecule has 0 saturated heterocycles. The molecule has 0 aliphatic rings. The molecule has 0 radical (unpaired) electrons. The van der Waals surface area contributed by atoms with E-state index in [0.717, 1.165) is 0 Å². The van der Waals surface area contributed by atoms with Gasteiger partial charge in [-0.3, -0.25) is 9.59 Å². The summed E-state index contributed by atoms with van der Waals surface area (Å²) in [6, 6.07) is 5.05. The molecule has 0 spiro atoms. The van der Waals surface area contributed by atoms with Gasteiger partial charge >= 0.3 is 11.7 Å². The number of H-pyrrole nitrogens is 1. The zero-order valence-corrected chi connectivity index (χ0v) is 9.06. The average Bonchev–Trinajstić information content (AvgIpc) is 2.23. The Hall–Kier alpha value is -2.37. The van der Waals surface area contributed by atoms with E-state index < -0.39 is 23.8 Å². The fraction of sp³-hybridized carbons (Fsp3) is 0.182. The number of aromatic amines is 1. The molecule has 1 aromatic carbocycles. The molecule has 0 amide bonds. The number of hydrogen-bond acceptors (Lipinski definition) is 3. The number of aromatic nitrogens is 2. The normalized spacial score (nSPS) is 10.6. The number of nitrogens with one attached hydrogen (secondary N) is 1. The van der Waals surface area contributed by atoms with E-state index in [4.69, 9.17) is 5.11 Å². The van der Waals surface area contributed by atoms with Gasteiger partial charge in [0.05, 0.1) is 10.9 Å². The molecule has 0 aliphatic carbocycles. The maximum absolute atomic E-state index is 12.0. The van der Waals surface area contributed by atoms with Gasteiger partial charge in [-0.25, -0.2) is 9.36 Å². The molecule has 1 heterocycles. The fourth-order valence-electron chi connectivity index (χ4n) is 1.74. The molecular weight excluding hydrogens is 224 g/mol. The Morgan fingerprint density at radius 2 is 2.12 bits per heavy atom. The van der Waals surface area contributed by atoms with Gasteiger partial charge in [-0.1, -0.05) is 12.1 Å². The van der Waals surface area contributed by atoms with Gasteiger partial charge in [-0.15, -0.1) is 0 Å². The van der Waals surface area contributed by atoms with E-state index in [1.165, 1.54) is 0 Å². The van der Waals surface area contributed by atoms with Crippen molar-refractivity contribution in [2.24, 2.45) is 0 Å². The first-order valence-electron chi connectivity index (χ1n) is 4.95. The molecule has 0 aliphatic heterocycles.